The lowest BCUT2D eigenvalue weighted by Crippen LogP contribution is -2.22. The van der Waals surface area contributed by atoms with Crippen LogP contribution in [-0.4, -0.2) is 28.0 Å². The van der Waals surface area contributed by atoms with Gasteiger partial charge in [-0.1, -0.05) is 0 Å². The molecule has 0 saturated carbocycles. The van der Waals surface area contributed by atoms with Crippen molar-refractivity contribution in [2.45, 2.75) is 32.7 Å². The molecule has 1 rings (SSSR count). The van der Waals surface area contributed by atoms with Crippen molar-refractivity contribution in [1.82, 2.24) is 4.98 Å². The van der Waals surface area contributed by atoms with E-state index in [1.165, 1.54) is 0 Å². The van der Waals surface area contributed by atoms with Crippen LogP contribution in [0.15, 0.2) is 12.3 Å². The highest BCUT2D eigenvalue weighted by Gasteiger charge is 2.14. The van der Waals surface area contributed by atoms with Gasteiger partial charge in [0.1, 0.15) is 5.82 Å². The number of pyridine rings is 1. The predicted octanol–water partition coefficient (Wildman–Crippen LogP) is 1.15. The number of carbonyl (C=O) groups excluding carboxylic acids is 1. The molecule has 6 heteroatoms. The van der Waals surface area contributed by atoms with E-state index in [2.05, 4.69) is 10.3 Å². The Morgan fingerprint density at radius 2 is 2.22 bits per heavy atom. The zero-order chi connectivity index (χ0) is 13.7. The van der Waals surface area contributed by atoms with Crippen LogP contribution in [0.1, 0.15) is 35.7 Å². The Bertz CT molecular complexity index is 460. The highest BCUT2D eigenvalue weighted by Crippen LogP contribution is 2.17. The summed E-state index contributed by atoms with van der Waals surface area (Å²) in [7, 11) is 0. The molecular weight excluding hydrogens is 234 g/mol. The number of carboxylic acid groups (broad SMARTS) is 1. The van der Waals surface area contributed by atoms with Crippen LogP contribution in [0.25, 0.3) is 0 Å². The molecule has 0 aliphatic rings. The van der Waals surface area contributed by atoms with Gasteiger partial charge in [0.2, 0.25) is 0 Å². The molecule has 0 radical (unpaired) electrons. The highest BCUT2D eigenvalue weighted by molar-refractivity contribution is 5.99. The summed E-state index contributed by atoms with van der Waals surface area (Å²) >= 11 is 0. The van der Waals surface area contributed by atoms with E-state index in [0.29, 0.717) is 17.8 Å². The van der Waals surface area contributed by atoms with Crippen molar-refractivity contribution in [2.75, 3.05) is 5.32 Å². The van der Waals surface area contributed by atoms with Crippen LogP contribution in [0.5, 0.6) is 0 Å². The van der Waals surface area contributed by atoms with Crippen LogP contribution >= 0.6 is 0 Å². The molecule has 0 spiro atoms. The number of aromatic nitrogens is 1. The monoisotopic (exact) mass is 251 g/mol. The second kappa shape index (κ2) is 6.00. The topological polar surface area (TPSA) is 105 Å². The van der Waals surface area contributed by atoms with Gasteiger partial charge in [-0.15, -0.1) is 0 Å². The lowest BCUT2D eigenvalue weighted by molar-refractivity contribution is -0.137. The number of anilines is 1. The molecule has 1 unspecified atom stereocenters. The Hall–Kier alpha value is -2.11. The van der Waals surface area contributed by atoms with Crippen molar-refractivity contribution < 1.29 is 14.7 Å². The zero-order valence-electron chi connectivity index (χ0n) is 10.4. The maximum atomic E-state index is 11.3. The van der Waals surface area contributed by atoms with E-state index in [1.54, 1.807) is 19.2 Å². The Morgan fingerprint density at radius 1 is 1.56 bits per heavy atom. The minimum absolute atomic E-state index is 0.0614. The maximum Gasteiger partial charge on any atom is 0.303 e. The van der Waals surface area contributed by atoms with Crippen LogP contribution in [0, 0.1) is 6.92 Å². The van der Waals surface area contributed by atoms with Crippen molar-refractivity contribution in [3.63, 3.8) is 0 Å². The van der Waals surface area contributed by atoms with Gasteiger partial charge < -0.3 is 16.2 Å². The fourth-order valence-electron chi connectivity index (χ4n) is 1.62. The lowest BCUT2D eigenvalue weighted by atomic mass is 10.1. The normalized spacial score (nSPS) is 11.9. The number of primary amides is 1. The largest absolute Gasteiger partial charge is 0.481 e. The SMILES string of the molecule is Cc1ccnc(NC(C)CCC(=O)O)c1C(N)=O. The first-order valence-corrected chi connectivity index (χ1v) is 5.65. The minimum Gasteiger partial charge on any atom is -0.481 e. The first-order valence-electron chi connectivity index (χ1n) is 5.65. The molecule has 0 bridgehead atoms. The summed E-state index contributed by atoms with van der Waals surface area (Å²) in [6.07, 6.45) is 2.09. The standard InChI is InChI=1S/C12H17N3O3/c1-7-5-6-14-12(10(7)11(13)18)15-8(2)3-4-9(16)17/h5-6,8H,3-4H2,1-2H3,(H2,13,18)(H,14,15)(H,16,17). The third-order valence-electron chi connectivity index (χ3n) is 2.58. The number of nitrogens with two attached hydrogens (primary N) is 1. The minimum atomic E-state index is -0.851. The molecule has 98 valence electrons. The molecular formula is C12H17N3O3. The second-order valence-electron chi connectivity index (χ2n) is 4.19. The molecule has 6 nitrogen and oxygen atoms in total. The van der Waals surface area contributed by atoms with Crippen molar-refractivity contribution in [1.29, 1.82) is 0 Å². The van der Waals surface area contributed by atoms with Crippen LogP contribution in [-0.2, 0) is 4.79 Å². The maximum absolute atomic E-state index is 11.3. The zero-order valence-corrected chi connectivity index (χ0v) is 10.4. The van der Waals surface area contributed by atoms with Crippen molar-refractivity contribution in [2.24, 2.45) is 5.73 Å². The number of nitrogens with zero attached hydrogens (tertiary/aromatic N) is 1. The average Bonchev–Trinajstić information content (AvgIpc) is 2.26. The average molecular weight is 251 g/mol. The van der Waals surface area contributed by atoms with Gasteiger partial charge in [0.05, 0.1) is 5.56 Å². The van der Waals surface area contributed by atoms with Gasteiger partial charge in [-0.3, -0.25) is 9.59 Å². The van der Waals surface area contributed by atoms with E-state index in [9.17, 15) is 9.59 Å². The fraction of sp³-hybridized carbons (Fsp3) is 0.417. The number of amides is 1. The van der Waals surface area contributed by atoms with Crippen LogP contribution in [0.3, 0.4) is 0 Å². The number of hydrogen-bond acceptors (Lipinski definition) is 4. The van der Waals surface area contributed by atoms with E-state index >= 15 is 0 Å². The summed E-state index contributed by atoms with van der Waals surface area (Å²) in [6, 6.07) is 1.60. The van der Waals surface area contributed by atoms with Crippen LogP contribution in [0.2, 0.25) is 0 Å². The number of carboxylic acids is 1. The predicted molar refractivity (Wildman–Crippen MR) is 67.4 cm³/mol. The van der Waals surface area contributed by atoms with Gasteiger partial charge in [0, 0.05) is 18.7 Å². The second-order valence-corrected chi connectivity index (χ2v) is 4.19. The number of aryl methyl sites for hydroxylation is 1. The van der Waals surface area contributed by atoms with Crippen molar-refractivity contribution in [3.05, 3.63) is 23.4 Å². The molecule has 1 aromatic heterocycles. The molecule has 0 aromatic carbocycles. The number of carbonyl (C=O) groups is 2. The van der Waals surface area contributed by atoms with E-state index < -0.39 is 11.9 Å². The number of aliphatic carboxylic acids is 1. The molecule has 0 aliphatic heterocycles. The molecule has 0 fully saturated rings. The number of rotatable bonds is 6. The first-order chi connectivity index (χ1) is 8.41. The number of hydrogen-bond donors (Lipinski definition) is 3. The van der Waals surface area contributed by atoms with Gasteiger partial charge in [-0.2, -0.15) is 0 Å². The van der Waals surface area contributed by atoms with Crippen LogP contribution in [0.4, 0.5) is 5.82 Å². The molecule has 1 amide bonds. The first kappa shape index (κ1) is 14.0. The molecule has 0 saturated heterocycles. The van der Waals surface area contributed by atoms with Crippen LogP contribution < -0.4 is 11.1 Å². The molecule has 4 N–H and O–H groups in total. The van der Waals surface area contributed by atoms with Gasteiger partial charge in [-0.25, -0.2) is 4.98 Å². The van der Waals surface area contributed by atoms with Gasteiger partial charge in [0.15, 0.2) is 0 Å². The van der Waals surface area contributed by atoms with Gasteiger partial charge in [-0.05, 0) is 31.9 Å². The quantitative estimate of drug-likeness (QED) is 0.703. The van der Waals surface area contributed by atoms with Crippen molar-refractivity contribution in [3.8, 4) is 0 Å². The van der Waals surface area contributed by atoms with E-state index in [0.717, 1.165) is 5.56 Å². The van der Waals surface area contributed by atoms with E-state index in [4.69, 9.17) is 10.8 Å². The molecule has 1 heterocycles. The molecule has 0 aliphatic carbocycles. The van der Waals surface area contributed by atoms with Crippen molar-refractivity contribution >= 4 is 17.7 Å². The lowest BCUT2D eigenvalue weighted by Gasteiger charge is -2.16. The summed E-state index contributed by atoms with van der Waals surface area (Å²) in [4.78, 5) is 25.9. The third kappa shape index (κ3) is 3.73. The summed E-state index contributed by atoms with van der Waals surface area (Å²) in [6.45, 7) is 3.60. The molecule has 1 atom stereocenters. The third-order valence-corrected chi connectivity index (χ3v) is 2.58. The summed E-state index contributed by atoms with van der Waals surface area (Å²) in [5, 5.41) is 11.6. The van der Waals surface area contributed by atoms with E-state index in [1.807, 2.05) is 6.92 Å². The van der Waals surface area contributed by atoms with Gasteiger partial charge in [0.25, 0.3) is 5.91 Å². The number of nitrogens with one attached hydrogen (secondary N) is 1. The van der Waals surface area contributed by atoms with E-state index in [-0.39, 0.29) is 12.5 Å². The Morgan fingerprint density at radius 3 is 2.78 bits per heavy atom. The smallest absolute Gasteiger partial charge is 0.303 e. The van der Waals surface area contributed by atoms with Gasteiger partial charge >= 0.3 is 5.97 Å². The summed E-state index contributed by atoms with van der Waals surface area (Å²) in [5.41, 5.74) is 6.39. The molecule has 18 heavy (non-hydrogen) atoms. The highest BCUT2D eigenvalue weighted by atomic mass is 16.4. The summed E-state index contributed by atoms with van der Waals surface area (Å²) < 4.78 is 0. The molecule has 1 aromatic rings. The Labute approximate surface area is 105 Å². The Kier molecular flexibility index (Phi) is 4.65. The Balaban J connectivity index is 2.81. The fourth-order valence-corrected chi connectivity index (χ4v) is 1.62. The summed E-state index contributed by atoms with van der Waals surface area (Å²) in [5.74, 6) is -0.995.